The lowest BCUT2D eigenvalue weighted by Gasteiger charge is -2.30. The van der Waals surface area contributed by atoms with Crippen LogP contribution in [0.15, 0.2) is 42.5 Å². The Balaban J connectivity index is 1.25. The second-order valence-corrected chi connectivity index (χ2v) is 7.45. The van der Waals surface area contributed by atoms with E-state index in [1.165, 1.54) is 5.56 Å². The van der Waals surface area contributed by atoms with Crippen molar-refractivity contribution in [3.63, 3.8) is 0 Å². The van der Waals surface area contributed by atoms with Gasteiger partial charge in [-0.05, 0) is 79.7 Å². The number of benzene rings is 2. The van der Waals surface area contributed by atoms with Crippen molar-refractivity contribution in [2.24, 2.45) is 5.92 Å². The van der Waals surface area contributed by atoms with Gasteiger partial charge >= 0.3 is 0 Å². The van der Waals surface area contributed by atoms with Gasteiger partial charge in [-0.3, -0.25) is 9.69 Å². The minimum absolute atomic E-state index is 0.0543. The third-order valence-electron chi connectivity index (χ3n) is 5.41. The van der Waals surface area contributed by atoms with Crippen molar-refractivity contribution in [1.29, 1.82) is 0 Å². The zero-order valence-electron chi connectivity index (χ0n) is 15.3. The molecule has 2 heterocycles. The van der Waals surface area contributed by atoms with E-state index in [1.54, 1.807) is 12.1 Å². The summed E-state index contributed by atoms with van der Waals surface area (Å²) in [5, 5.41) is 2.84. The van der Waals surface area contributed by atoms with Crippen molar-refractivity contribution in [2.45, 2.75) is 25.7 Å². The molecule has 0 atom stereocenters. The summed E-state index contributed by atoms with van der Waals surface area (Å²) < 4.78 is 13.0. The van der Waals surface area contributed by atoms with Gasteiger partial charge in [-0.1, -0.05) is 24.0 Å². The van der Waals surface area contributed by atoms with Crippen LogP contribution in [0.2, 0.25) is 0 Å². The van der Waals surface area contributed by atoms with Gasteiger partial charge in [0, 0.05) is 11.3 Å². The summed E-state index contributed by atoms with van der Waals surface area (Å²) in [5.41, 5.74) is 4.14. The van der Waals surface area contributed by atoms with E-state index in [0.29, 0.717) is 12.3 Å². The number of fused-ring (bicyclic) bond motifs is 1. The van der Waals surface area contributed by atoms with Gasteiger partial charge in [0.15, 0.2) is 0 Å². The van der Waals surface area contributed by atoms with Gasteiger partial charge in [0.1, 0.15) is 5.82 Å². The van der Waals surface area contributed by atoms with E-state index in [-0.39, 0.29) is 11.7 Å². The molecule has 138 valence electrons. The number of anilines is 1. The highest BCUT2D eigenvalue weighted by atomic mass is 19.1. The van der Waals surface area contributed by atoms with Crippen LogP contribution in [0.4, 0.5) is 10.1 Å². The van der Waals surface area contributed by atoms with Crippen molar-refractivity contribution in [1.82, 2.24) is 4.90 Å². The van der Waals surface area contributed by atoms with Crippen LogP contribution in [0.25, 0.3) is 0 Å². The lowest BCUT2D eigenvalue weighted by Crippen LogP contribution is -2.34. The molecule has 0 spiro atoms. The number of likely N-dealkylation sites (tertiary alicyclic amines) is 1. The fourth-order valence-electron chi connectivity index (χ4n) is 3.86. The summed E-state index contributed by atoms with van der Waals surface area (Å²) in [5.74, 6) is 7.05. The van der Waals surface area contributed by atoms with Crippen molar-refractivity contribution < 1.29 is 9.18 Å². The van der Waals surface area contributed by atoms with Gasteiger partial charge < -0.3 is 5.32 Å². The summed E-state index contributed by atoms with van der Waals surface area (Å²) in [4.78, 5) is 13.8. The molecular weight excluding hydrogens is 339 g/mol. The van der Waals surface area contributed by atoms with Crippen LogP contribution in [0.3, 0.4) is 0 Å². The highest BCUT2D eigenvalue weighted by Crippen LogP contribution is 2.24. The summed E-state index contributed by atoms with van der Waals surface area (Å²) in [6.07, 6.45) is 3.80. The van der Waals surface area contributed by atoms with Crippen molar-refractivity contribution >= 4 is 11.6 Å². The second-order valence-electron chi connectivity index (χ2n) is 7.45. The Morgan fingerprint density at radius 1 is 1.11 bits per heavy atom. The van der Waals surface area contributed by atoms with E-state index in [0.717, 1.165) is 55.7 Å². The molecule has 4 rings (SSSR count). The molecule has 3 nitrogen and oxygen atoms in total. The Hall–Kier alpha value is -2.64. The molecule has 2 aromatic rings. The minimum atomic E-state index is -0.168. The van der Waals surface area contributed by atoms with E-state index in [2.05, 4.69) is 22.1 Å². The Bertz CT molecular complexity index is 887. The molecule has 4 heteroatoms. The summed E-state index contributed by atoms with van der Waals surface area (Å²) >= 11 is 0. The summed E-state index contributed by atoms with van der Waals surface area (Å²) in [6.45, 7) is 2.89. The first-order chi connectivity index (χ1) is 13.2. The highest BCUT2D eigenvalue weighted by Gasteiger charge is 2.19. The molecule has 2 aromatic carbocycles. The molecule has 1 N–H and O–H groups in total. The van der Waals surface area contributed by atoms with E-state index < -0.39 is 0 Å². The topological polar surface area (TPSA) is 32.3 Å². The van der Waals surface area contributed by atoms with E-state index in [9.17, 15) is 9.18 Å². The molecule has 2 aliphatic heterocycles. The fourth-order valence-corrected chi connectivity index (χ4v) is 3.86. The Kier molecular flexibility index (Phi) is 5.22. The van der Waals surface area contributed by atoms with Gasteiger partial charge in [-0.25, -0.2) is 4.39 Å². The van der Waals surface area contributed by atoms with Crippen molar-refractivity contribution in [3.8, 4) is 11.8 Å². The zero-order chi connectivity index (χ0) is 18.6. The van der Waals surface area contributed by atoms with E-state index in [4.69, 9.17) is 0 Å². The van der Waals surface area contributed by atoms with Crippen LogP contribution in [-0.4, -0.2) is 30.4 Å². The van der Waals surface area contributed by atoms with Crippen LogP contribution in [-0.2, 0) is 17.6 Å². The smallest absolute Gasteiger partial charge is 0.228 e. The lowest BCUT2D eigenvalue weighted by atomic mass is 9.90. The number of carbonyl (C=O) groups excluding carboxylic acids is 1. The Morgan fingerprint density at radius 3 is 2.67 bits per heavy atom. The van der Waals surface area contributed by atoms with Crippen LogP contribution in [0.5, 0.6) is 0 Å². The summed E-state index contributed by atoms with van der Waals surface area (Å²) in [6, 6.07) is 12.8. The molecule has 0 aliphatic carbocycles. The van der Waals surface area contributed by atoms with Crippen LogP contribution in [0, 0.1) is 23.6 Å². The highest BCUT2D eigenvalue weighted by molar-refractivity contribution is 5.99. The summed E-state index contributed by atoms with van der Waals surface area (Å²) in [7, 11) is 0. The molecule has 2 aliphatic rings. The molecule has 0 aromatic heterocycles. The first kappa shape index (κ1) is 17.8. The van der Waals surface area contributed by atoms with E-state index >= 15 is 0 Å². The molecule has 1 amide bonds. The molecule has 0 bridgehead atoms. The maximum Gasteiger partial charge on any atom is 0.228 e. The third kappa shape index (κ3) is 4.56. The first-order valence-corrected chi connectivity index (χ1v) is 9.54. The van der Waals surface area contributed by atoms with Gasteiger partial charge in [-0.15, -0.1) is 0 Å². The Labute approximate surface area is 159 Å². The van der Waals surface area contributed by atoms with Crippen molar-refractivity contribution in [2.75, 3.05) is 25.0 Å². The molecule has 1 fully saturated rings. The number of hydrogen-bond donors (Lipinski definition) is 1. The predicted octanol–water partition coefficient (Wildman–Crippen LogP) is 3.63. The normalized spacial score (nSPS) is 17.1. The molecule has 1 saturated heterocycles. The Morgan fingerprint density at radius 2 is 1.89 bits per heavy atom. The standard InChI is InChI=1S/C23H23FN2O/c24-21-6-3-18(4-7-21)14-19-9-12-26(13-10-19)11-1-2-17-5-8-22-20(15-17)16-23(27)25-22/h3-8,15,19H,9-14,16H2,(H,25,27). The largest absolute Gasteiger partial charge is 0.326 e. The number of hydrogen-bond acceptors (Lipinski definition) is 2. The molecule has 0 saturated carbocycles. The maximum absolute atomic E-state index is 13.0. The second kappa shape index (κ2) is 7.94. The number of piperidine rings is 1. The van der Waals surface area contributed by atoms with Crippen LogP contribution >= 0.6 is 0 Å². The number of halogens is 1. The van der Waals surface area contributed by atoms with Gasteiger partial charge in [-0.2, -0.15) is 0 Å². The average molecular weight is 362 g/mol. The van der Waals surface area contributed by atoms with Gasteiger partial charge in [0.2, 0.25) is 5.91 Å². The molecule has 0 unspecified atom stereocenters. The van der Waals surface area contributed by atoms with Crippen LogP contribution < -0.4 is 5.32 Å². The molecular formula is C23H23FN2O. The van der Waals surface area contributed by atoms with Gasteiger partial charge in [0.25, 0.3) is 0 Å². The number of amides is 1. The molecule has 27 heavy (non-hydrogen) atoms. The van der Waals surface area contributed by atoms with Crippen molar-refractivity contribution in [3.05, 3.63) is 65.0 Å². The number of nitrogens with one attached hydrogen (secondary N) is 1. The van der Waals surface area contributed by atoms with Gasteiger partial charge in [0.05, 0.1) is 13.0 Å². The number of carbonyl (C=O) groups is 1. The van der Waals surface area contributed by atoms with Crippen LogP contribution in [0.1, 0.15) is 29.5 Å². The lowest BCUT2D eigenvalue weighted by molar-refractivity contribution is -0.115. The third-order valence-corrected chi connectivity index (χ3v) is 5.41. The number of rotatable bonds is 3. The minimum Gasteiger partial charge on any atom is -0.326 e. The first-order valence-electron chi connectivity index (χ1n) is 9.54. The quantitative estimate of drug-likeness (QED) is 0.846. The monoisotopic (exact) mass is 362 g/mol. The fraction of sp³-hybridized carbons (Fsp3) is 0.348. The zero-order valence-corrected chi connectivity index (χ0v) is 15.3. The maximum atomic E-state index is 13.0. The average Bonchev–Trinajstić information content (AvgIpc) is 3.04. The number of nitrogens with zero attached hydrogens (tertiary/aromatic N) is 1. The molecule has 0 radical (unpaired) electrons. The predicted molar refractivity (Wildman–Crippen MR) is 105 cm³/mol. The van der Waals surface area contributed by atoms with E-state index in [1.807, 2.05) is 30.3 Å². The SMILES string of the molecule is O=C1Cc2cc(C#CCN3CCC(Cc4ccc(F)cc4)CC3)ccc2N1.